The molecule has 0 atom stereocenters. The minimum absolute atomic E-state index is 0.134. The van der Waals surface area contributed by atoms with Crippen LogP contribution in [0.1, 0.15) is 36.2 Å². The van der Waals surface area contributed by atoms with Crippen LogP contribution in [0.4, 0.5) is 0 Å². The lowest BCUT2D eigenvalue weighted by molar-refractivity contribution is 0.0898. The Morgan fingerprint density at radius 2 is 2.18 bits per heavy atom. The van der Waals surface area contributed by atoms with Gasteiger partial charge in [0.25, 0.3) is 5.91 Å². The fourth-order valence-electron chi connectivity index (χ4n) is 2.25. The molecule has 1 fully saturated rings. The fourth-order valence-corrected chi connectivity index (χ4v) is 2.48. The molecule has 1 aliphatic rings. The average molecular weight is 298 g/mol. The first kappa shape index (κ1) is 12.5. The van der Waals surface area contributed by atoms with Crippen LogP contribution in [0.2, 0.25) is 0 Å². The number of nitrogens with two attached hydrogens (primary N) is 1. The van der Waals surface area contributed by atoms with Crippen LogP contribution in [0.5, 0.6) is 0 Å². The van der Waals surface area contributed by atoms with Gasteiger partial charge in [-0.2, -0.15) is 0 Å². The molecule has 2 rings (SSSR count). The van der Waals surface area contributed by atoms with Crippen molar-refractivity contribution in [1.29, 1.82) is 0 Å². The molecule has 17 heavy (non-hydrogen) atoms. The third-order valence-corrected chi connectivity index (χ3v) is 3.76. The summed E-state index contributed by atoms with van der Waals surface area (Å²) >= 11 is 3.29. The zero-order chi connectivity index (χ0) is 12.3. The van der Waals surface area contributed by atoms with Gasteiger partial charge in [0.05, 0.1) is 5.54 Å². The van der Waals surface area contributed by atoms with E-state index in [4.69, 9.17) is 5.73 Å². The van der Waals surface area contributed by atoms with E-state index in [2.05, 4.69) is 26.2 Å². The SMILES string of the molecule is NCC1(NC(=O)c2ccc(Br)cn2)CCCC1. The summed E-state index contributed by atoms with van der Waals surface area (Å²) in [4.78, 5) is 16.1. The van der Waals surface area contributed by atoms with Crippen molar-refractivity contribution in [2.45, 2.75) is 31.2 Å². The van der Waals surface area contributed by atoms with Gasteiger partial charge in [-0.25, -0.2) is 4.98 Å². The number of hydrogen-bond donors (Lipinski definition) is 2. The van der Waals surface area contributed by atoms with Crippen LogP contribution in [0.15, 0.2) is 22.8 Å². The predicted molar refractivity (Wildman–Crippen MR) is 69.7 cm³/mol. The van der Waals surface area contributed by atoms with Gasteiger partial charge in [-0.1, -0.05) is 12.8 Å². The van der Waals surface area contributed by atoms with Crippen molar-refractivity contribution in [2.24, 2.45) is 5.73 Å². The molecule has 3 N–H and O–H groups in total. The molecule has 0 radical (unpaired) electrons. The van der Waals surface area contributed by atoms with E-state index in [-0.39, 0.29) is 11.4 Å². The molecule has 1 heterocycles. The van der Waals surface area contributed by atoms with Crippen molar-refractivity contribution in [1.82, 2.24) is 10.3 Å². The minimum atomic E-state index is -0.216. The maximum Gasteiger partial charge on any atom is 0.270 e. The number of hydrogen-bond acceptors (Lipinski definition) is 3. The van der Waals surface area contributed by atoms with Crippen molar-refractivity contribution in [3.63, 3.8) is 0 Å². The molecule has 0 aliphatic heterocycles. The van der Waals surface area contributed by atoms with Gasteiger partial charge < -0.3 is 11.1 Å². The highest BCUT2D eigenvalue weighted by Gasteiger charge is 2.34. The van der Waals surface area contributed by atoms with Gasteiger partial charge in [0.2, 0.25) is 0 Å². The predicted octanol–water partition coefficient (Wildman–Crippen LogP) is 1.85. The van der Waals surface area contributed by atoms with E-state index in [1.54, 1.807) is 12.3 Å². The first-order valence-corrected chi connectivity index (χ1v) is 6.59. The summed E-state index contributed by atoms with van der Waals surface area (Å²) in [6.45, 7) is 0.495. The number of amides is 1. The Morgan fingerprint density at radius 1 is 1.47 bits per heavy atom. The largest absolute Gasteiger partial charge is 0.344 e. The summed E-state index contributed by atoms with van der Waals surface area (Å²) in [6.07, 6.45) is 5.81. The molecule has 1 amide bonds. The summed E-state index contributed by atoms with van der Waals surface area (Å²) in [7, 11) is 0. The second-order valence-corrected chi connectivity index (χ2v) is 5.42. The quantitative estimate of drug-likeness (QED) is 0.895. The second kappa shape index (κ2) is 5.14. The number of aromatic nitrogens is 1. The van der Waals surface area contributed by atoms with Crippen LogP contribution in [-0.2, 0) is 0 Å². The highest BCUT2D eigenvalue weighted by atomic mass is 79.9. The maximum absolute atomic E-state index is 12.0. The van der Waals surface area contributed by atoms with Gasteiger partial charge in [-0.05, 0) is 40.9 Å². The number of halogens is 1. The van der Waals surface area contributed by atoms with E-state index in [1.165, 1.54) is 0 Å². The molecule has 0 unspecified atom stereocenters. The van der Waals surface area contributed by atoms with Gasteiger partial charge in [-0.3, -0.25) is 4.79 Å². The van der Waals surface area contributed by atoms with E-state index in [0.29, 0.717) is 12.2 Å². The zero-order valence-electron chi connectivity index (χ0n) is 9.58. The Balaban J connectivity index is 2.08. The average Bonchev–Trinajstić information content (AvgIpc) is 2.79. The van der Waals surface area contributed by atoms with E-state index in [9.17, 15) is 4.79 Å². The van der Waals surface area contributed by atoms with E-state index < -0.39 is 0 Å². The second-order valence-electron chi connectivity index (χ2n) is 4.51. The molecule has 1 aliphatic carbocycles. The summed E-state index contributed by atoms with van der Waals surface area (Å²) < 4.78 is 0.864. The smallest absolute Gasteiger partial charge is 0.270 e. The lowest BCUT2D eigenvalue weighted by Crippen LogP contribution is -2.51. The highest BCUT2D eigenvalue weighted by Crippen LogP contribution is 2.28. The first-order chi connectivity index (χ1) is 8.15. The standard InChI is InChI=1S/C12H16BrN3O/c13-9-3-4-10(15-7-9)11(17)16-12(8-14)5-1-2-6-12/h3-4,7H,1-2,5-6,8,14H2,(H,16,17). The topological polar surface area (TPSA) is 68.0 Å². The van der Waals surface area contributed by atoms with Crippen molar-refractivity contribution in [3.05, 3.63) is 28.5 Å². The molecular weight excluding hydrogens is 282 g/mol. The number of rotatable bonds is 3. The molecule has 0 saturated heterocycles. The van der Waals surface area contributed by atoms with Gasteiger partial charge in [0.15, 0.2) is 0 Å². The summed E-state index contributed by atoms with van der Waals surface area (Å²) in [5, 5.41) is 3.04. The molecule has 1 saturated carbocycles. The lowest BCUT2D eigenvalue weighted by Gasteiger charge is -2.28. The fraction of sp³-hybridized carbons (Fsp3) is 0.500. The van der Waals surface area contributed by atoms with E-state index in [1.807, 2.05) is 6.07 Å². The summed E-state index contributed by atoms with van der Waals surface area (Å²) in [5.74, 6) is -0.134. The molecular formula is C12H16BrN3O. The molecule has 0 spiro atoms. The van der Waals surface area contributed by atoms with Gasteiger partial charge in [0, 0.05) is 17.2 Å². The number of nitrogens with zero attached hydrogens (tertiary/aromatic N) is 1. The van der Waals surface area contributed by atoms with Crippen LogP contribution < -0.4 is 11.1 Å². The Bertz CT molecular complexity index is 399. The van der Waals surface area contributed by atoms with Gasteiger partial charge in [-0.15, -0.1) is 0 Å². The Morgan fingerprint density at radius 3 is 2.71 bits per heavy atom. The summed E-state index contributed by atoms with van der Waals surface area (Å²) in [6, 6.07) is 3.52. The molecule has 0 bridgehead atoms. The van der Waals surface area contributed by atoms with Crippen LogP contribution in [-0.4, -0.2) is 23.0 Å². The Hall–Kier alpha value is -0.940. The van der Waals surface area contributed by atoms with Crippen molar-refractivity contribution < 1.29 is 4.79 Å². The van der Waals surface area contributed by atoms with Gasteiger partial charge >= 0.3 is 0 Å². The van der Waals surface area contributed by atoms with Crippen molar-refractivity contribution >= 4 is 21.8 Å². The van der Waals surface area contributed by atoms with Crippen molar-refractivity contribution in [2.75, 3.05) is 6.54 Å². The van der Waals surface area contributed by atoms with Crippen LogP contribution in [0.25, 0.3) is 0 Å². The minimum Gasteiger partial charge on any atom is -0.344 e. The zero-order valence-corrected chi connectivity index (χ0v) is 11.2. The summed E-state index contributed by atoms with van der Waals surface area (Å²) in [5.41, 5.74) is 6.00. The van der Waals surface area contributed by atoms with Gasteiger partial charge in [0.1, 0.15) is 5.69 Å². The third-order valence-electron chi connectivity index (χ3n) is 3.29. The number of carbonyl (C=O) groups excluding carboxylic acids is 1. The van der Waals surface area contributed by atoms with Crippen molar-refractivity contribution in [3.8, 4) is 0 Å². The normalized spacial score (nSPS) is 18.0. The monoisotopic (exact) mass is 297 g/mol. The lowest BCUT2D eigenvalue weighted by atomic mass is 9.97. The molecule has 4 nitrogen and oxygen atoms in total. The number of carbonyl (C=O) groups is 1. The van der Waals surface area contributed by atoms with Crippen LogP contribution in [0.3, 0.4) is 0 Å². The Kier molecular flexibility index (Phi) is 3.79. The number of nitrogens with one attached hydrogen (secondary N) is 1. The third kappa shape index (κ3) is 2.84. The maximum atomic E-state index is 12.0. The van der Waals surface area contributed by atoms with Crippen LogP contribution in [0, 0.1) is 0 Å². The molecule has 1 aromatic rings. The van der Waals surface area contributed by atoms with E-state index in [0.717, 1.165) is 30.2 Å². The Labute approximate surface area is 109 Å². The van der Waals surface area contributed by atoms with E-state index >= 15 is 0 Å². The van der Waals surface area contributed by atoms with Crippen LogP contribution >= 0.6 is 15.9 Å². The molecule has 1 aromatic heterocycles. The molecule has 5 heteroatoms. The molecule has 92 valence electrons. The molecule has 0 aromatic carbocycles. The first-order valence-electron chi connectivity index (χ1n) is 5.79. The number of pyridine rings is 1. The highest BCUT2D eigenvalue weighted by molar-refractivity contribution is 9.10.